The minimum absolute atomic E-state index is 0.00291. The van der Waals surface area contributed by atoms with Gasteiger partial charge in [-0.15, -0.1) is 11.3 Å². The highest BCUT2D eigenvalue weighted by atomic mass is 32.1. The fourth-order valence-corrected chi connectivity index (χ4v) is 2.87. The first-order valence-electron chi connectivity index (χ1n) is 7.40. The molecule has 1 N–H and O–H groups in total. The van der Waals surface area contributed by atoms with Gasteiger partial charge in [-0.1, -0.05) is 18.2 Å². The predicted molar refractivity (Wildman–Crippen MR) is 95.9 cm³/mol. The van der Waals surface area contributed by atoms with Gasteiger partial charge in [0.15, 0.2) is 10.9 Å². The summed E-state index contributed by atoms with van der Waals surface area (Å²) in [5.41, 5.74) is 0.202. The lowest BCUT2D eigenvalue weighted by molar-refractivity contribution is -0.385. The van der Waals surface area contributed by atoms with Crippen molar-refractivity contribution in [3.63, 3.8) is 0 Å². The Morgan fingerprint density at radius 3 is 2.77 bits per heavy atom. The molecule has 3 heterocycles. The Kier molecular flexibility index (Phi) is 4.07. The maximum Gasteiger partial charge on any atom is 0.373 e. The molecule has 0 fully saturated rings. The van der Waals surface area contributed by atoms with Crippen LogP contribution < -0.4 is 10.1 Å². The van der Waals surface area contributed by atoms with Crippen molar-refractivity contribution in [3.8, 4) is 11.6 Å². The molecule has 0 saturated heterocycles. The number of hydrogen-bond acceptors (Lipinski definition) is 9. The highest BCUT2D eigenvalue weighted by Gasteiger charge is 2.26. The Bertz CT molecular complexity index is 1080. The van der Waals surface area contributed by atoms with Gasteiger partial charge in [-0.2, -0.15) is 4.98 Å². The number of nitro groups is 1. The smallest absolute Gasteiger partial charge is 0.373 e. The molecule has 0 aliphatic carbocycles. The predicted octanol–water partition coefficient (Wildman–Crippen LogP) is 3.93. The van der Waals surface area contributed by atoms with Crippen molar-refractivity contribution in [3.05, 3.63) is 64.5 Å². The highest BCUT2D eigenvalue weighted by Crippen LogP contribution is 2.37. The number of pyridine rings is 1. The summed E-state index contributed by atoms with van der Waals surface area (Å²) in [7, 11) is 0. The van der Waals surface area contributed by atoms with Crippen LogP contribution in [0.5, 0.6) is 11.6 Å². The van der Waals surface area contributed by atoms with E-state index in [1.807, 2.05) is 12.1 Å². The Balaban J connectivity index is 1.77. The first-order valence-corrected chi connectivity index (χ1v) is 8.28. The van der Waals surface area contributed by atoms with Crippen LogP contribution in [-0.4, -0.2) is 24.9 Å². The van der Waals surface area contributed by atoms with E-state index >= 15 is 0 Å². The largest absolute Gasteiger partial charge is 0.431 e. The maximum absolute atomic E-state index is 11.6. The summed E-state index contributed by atoms with van der Waals surface area (Å²) in [5.74, 6) is 0.190. The molecule has 0 spiro atoms. The van der Waals surface area contributed by atoms with E-state index in [0.29, 0.717) is 16.4 Å². The molecule has 0 radical (unpaired) electrons. The molecule has 3 aromatic heterocycles. The summed E-state index contributed by atoms with van der Waals surface area (Å²) in [6.45, 7) is 0. The van der Waals surface area contributed by atoms with Gasteiger partial charge in [0.25, 0.3) is 0 Å². The zero-order valence-corrected chi connectivity index (χ0v) is 13.9. The number of anilines is 2. The van der Waals surface area contributed by atoms with Crippen molar-refractivity contribution in [2.45, 2.75) is 0 Å². The molecule has 0 atom stereocenters. The number of nitrogens with one attached hydrogen (secondary N) is 1. The Morgan fingerprint density at radius 1 is 1.08 bits per heavy atom. The lowest BCUT2D eigenvalue weighted by Gasteiger charge is -2.09. The summed E-state index contributed by atoms with van der Waals surface area (Å²) in [6.07, 6.45) is 4.40. The van der Waals surface area contributed by atoms with E-state index < -0.39 is 4.92 Å². The number of fused-ring (bicyclic) bond motifs is 1. The summed E-state index contributed by atoms with van der Waals surface area (Å²) < 4.78 is 5.73. The first-order chi connectivity index (χ1) is 12.7. The van der Waals surface area contributed by atoms with Crippen molar-refractivity contribution in [1.29, 1.82) is 0 Å². The molecule has 9 nitrogen and oxygen atoms in total. The van der Waals surface area contributed by atoms with Crippen LogP contribution in [0.15, 0.2) is 54.4 Å². The minimum Gasteiger partial charge on any atom is -0.431 e. The molecular weight excluding hydrogens is 356 g/mol. The molecule has 0 unspecified atom stereocenters. The van der Waals surface area contributed by atoms with Crippen LogP contribution in [0.3, 0.4) is 0 Å². The van der Waals surface area contributed by atoms with Gasteiger partial charge in [-0.3, -0.25) is 15.1 Å². The van der Waals surface area contributed by atoms with Gasteiger partial charge in [0, 0.05) is 23.2 Å². The standard InChI is InChI=1S/C16H10N6O3S/c23-22(24)13-14(21-16-18-7-8-26-16)19-9-20-15(13)25-11-5-1-3-10-4-2-6-17-12(10)11/h1-9H,(H,18,19,20,21). The van der Waals surface area contributed by atoms with Crippen molar-refractivity contribution < 1.29 is 9.66 Å². The van der Waals surface area contributed by atoms with Crippen molar-refractivity contribution in [1.82, 2.24) is 19.9 Å². The molecular formula is C16H10N6O3S. The molecule has 0 saturated carbocycles. The molecule has 128 valence electrons. The highest BCUT2D eigenvalue weighted by molar-refractivity contribution is 7.13. The topological polar surface area (TPSA) is 116 Å². The molecule has 0 bridgehead atoms. The van der Waals surface area contributed by atoms with Crippen LogP contribution >= 0.6 is 11.3 Å². The SMILES string of the molecule is O=[N+]([O-])c1c(Nc2nccs2)ncnc1Oc1cccc2cccnc12. The van der Waals surface area contributed by atoms with Crippen LogP contribution in [-0.2, 0) is 0 Å². The van der Waals surface area contributed by atoms with Gasteiger partial charge in [-0.25, -0.2) is 9.97 Å². The van der Waals surface area contributed by atoms with Gasteiger partial charge in [-0.05, 0) is 12.1 Å². The number of rotatable bonds is 5. The number of benzene rings is 1. The molecule has 1 aromatic carbocycles. The van der Waals surface area contributed by atoms with Crippen molar-refractivity contribution in [2.75, 3.05) is 5.32 Å². The second-order valence-corrected chi connectivity index (χ2v) is 5.92. The van der Waals surface area contributed by atoms with E-state index in [0.717, 1.165) is 5.39 Å². The van der Waals surface area contributed by atoms with E-state index in [4.69, 9.17) is 4.74 Å². The van der Waals surface area contributed by atoms with Crippen molar-refractivity contribution >= 4 is 38.9 Å². The number of nitrogens with zero attached hydrogens (tertiary/aromatic N) is 5. The second kappa shape index (κ2) is 6.69. The first kappa shape index (κ1) is 15.8. The van der Waals surface area contributed by atoms with E-state index in [-0.39, 0.29) is 17.4 Å². The Labute approximate surface area is 150 Å². The van der Waals surface area contributed by atoms with Crippen LogP contribution in [0.25, 0.3) is 10.9 Å². The van der Waals surface area contributed by atoms with Crippen LogP contribution in [0.2, 0.25) is 0 Å². The average Bonchev–Trinajstić information content (AvgIpc) is 3.15. The molecule has 10 heteroatoms. The van der Waals surface area contributed by atoms with Gasteiger partial charge in [0.05, 0.1) is 4.92 Å². The molecule has 0 amide bonds. The fourth-order valence-electron chi connectivity index (χ4n) is 2.34. The lowest BCUT2D eigenvalue weighted by atomic mass is 10.2. The van der Waals surface area contributed by atoms with Gasteiger partial charge in [0.1, 0.15) is 11.8 Å². The van der Waals surface area contributed by atoms with Crippen LogP contribution in [0, 0.1) is 10.1 Å². The third-order valence-corrected chi connectivity index (χ3v) is 4.12. The summed E-state index contributed by atoms with van der Waals surface area (Å²) in [6, 6.07) is 9.00. The summed E-state index contributed by atoms with van der Waals surface area (Å²) in [4.78, 5) is 27.2. The van der Waals surface area contributed by atoms with E-state index in [2.05, 4.69) is 25.3 Å². The number of aromatic nitrogens is 4. The van der Waals surface area contributed by atoms with Gasteiger partial charge >= 0.3 is 11.6 Å². The molecule has 4 rings (SSSR count). The summed E-state index contributed by atoms with van der Waals surface area (Å²) >= 11 is 1.29. The molecule has 0 aliphatic rings. The van der Waals surface area contributed by atoms with Crippen molar-refractivity contribution in [2.24, 2.45) is 0 Å². The monoisotopic (exact) mass is 366 g/mol. The Hall–Kier alpha value is -3.66. The molecule has 0 aliphatic heterocycles. The third kappa shape index (κ3) is 3.00. The summed E-state index contributed by atoms with van der Waals surface area (Å²) in [5, 5.41) is 17.5. The number of thiazole rings is 1. The van der Waals surface area contributed by atoms with E-state index in [1.54, 1.807) is 36.0 Å². The van der Waals surface area contributed by atoms with Gasteiger partial charge < -0.3 is 10.1 Å². The second-order valence-electron chi connectivity index (χ2n) is 5.03. The number of ether oxygens (including phenoxy) is 1. The van der Waals surface area contributed by atoms with Gasteiger partial charge in [0.2, 0.25) is 5.82 Å². The average molecular weight is 366 g/mol. The van der Waals surface area contributed by atoms with Crippen LogP contribution in [0.1, 0.15) is 0 Å². The number of hydrogen-bond donors (Lipinski definition) is 1. The minimum atomic E-state index is -0.593. The van der Waals surface area contributed by atoms with E-state index in [1.165, 1.54) is 17.7 Å². The lowest BCUT2D eigenvalue weighted by Crippen LogP contribution is -2.03. The third-order valence-electron chi connectivity index (χ3n) is 3.43. The van der Waals surface area contributed by atoms with Crippen LogP contribution in [0.4, 0.5) is 16.6 Å². The quantitative estimate of drug-likeness (QED) is 0.417. The van der Waals surface area contributed by atoms with E-state index in [9.17, 15) is 10.1 Å². The fraction of sp³-hybridized carbons (Fsp3) is 0. The zero-order valence-electron chi connectivity index (χ0n) is 13.1. The number of para-hydroxylation sites is 1. The molecule has 26 heavy (non-hydrogen) atoms. The Morgan fingerprint density at radius 2 is 1.96 bits per heavy atom. The molecule has 4 aromatic rings. The maximum atomic E-state index is 11.6. The normalized spacial score (nSPS) is 10.6. The zero-order chi connectivity index (χ0) is 17.9.